The Balaban J connectivity index is 3.23. The van der Waals surface area contributed by atoms with Crippen LogP contribution in [0.25, 0.3) is 12.7 Å². The molecule has 0 saturated heterocycles. The molecular weight excluding hydrogens is 138 g/mol. The molecule has 1 heterocycles. The Bertz CT molecular complexity index is 359. The predicted molar refractivity (Wildman–Crippen MR) is 45.3 cm³/mol. The fourth-order valence-corrected chi connectivity index (χ4v) is 0.800. The number of aromatic nitrogens is 1. The van der Waals surface area contributed by atoms with E-state index in [0.29, 0.717) is 11.2 Å². The molecule has 1 aromatic heterocycles. The molecule has 0 aliphatic rings. The van der Waals surface area contributed by atoms with Gasteiger partial charge in [0, 0.05) is 6.92 Å². The van der Waals surface area contributed by atoms with Crippen LogP contribution in [0.3, 0.4) is 0 Å². The van der Waals surface area contributed by atoms with E-state index in [1.807, 2.05) is 32.1 Å². The van der Waals surface area contributed by atoms with Crippen LogP contribution in [0.4, 0.5) is 0 Å². The smallest absolute Gasteiger partial charge is 0.192 e. The molecule has 1 rings (SSSR count). The van der Waals surface area contributed by atoms with Crippen LogP contribution < -0.4 is 10.8 Å². The number of aryl methyl sites for hydroxylation is 1. The van der Waals surface area contributed by atoms with Crippen LogP contribution in [0.2, 0.25) is 0 Å². The molecule has 2 nitrogen and oxygen atoms in total. The summed E-state index contributed by atoms with van der Waals surface area (Å²) >= 11 is 0. The number of rotatable bonds is 1. The molecule has 11 heavy (non-hydrogen) atoms. The van der Waals surface area contributed by atoms with Crippen molar-refractivity contribution in [1.82, 2.24) is 4.98 Å². The largest absolute Gasteiger partial charge is 0.441 e. The van der Waals surface area contributed by atoms with E-state index >= 15 is 0 Å². The van der Waals surface area contributed by atoms with E-state index in [0.717, 1.165) is 5.42 Å². The van der Waals surface area contributed by atoms with Gasteiger partial charge >= 0.3 is 0 Å². The zero-order valence-corrected chi connectivity index (χ0v) is 6.79. The Hall–Kier alpha value is -1.31. The van der Waals surface area contributed by atoms with Crippen LogP contribution in [-0.4, -0.2) is 4.98 Å². The average Bonchev–Trinajstić information content (AvgIpc) is 2.26. The van der Waals surface area contributed by atoms with Gasteiger partial charge in [0.2, 0.25) is 0 Å². The SMILES string of the molecule is C=c1nc(C)o/c1=C/C=C\C. The third kappa shape index (κ3) is 1.80. The maximum atomic E-state index is 5.24. The van der Waals surface area contributed by atoms with Crippen molar-refractivity contribution in [2.24, 2.45) is 0 Å². The molecule has 0 bridgehead atoms. The molecule has 58 valence electrons. The lowest BCUT2D eigenvalue weighted by Crippen LogP contribution is -2.19. The molecule has 1 aromatic rings. The lowest BCUT2D eigenvalue weighted by Gasteiger charge is -1.73. The van der Waals surface area contributed by atoms with E-state index in [-0.39, 0.29) is 0 Å². The Labute approximate surface area is 65.6 Å². The van der Waals surface area contributed by atoms with Crippen molar-refractivity contribution in [2.75, 3.05) is 0 Å². The summed E-state index contributed by atoms with van der Waals surface area (Å²) in [6, 6.07) is 0. The standard InChI is InChI=1S/C9H11NO/c1-4-5-6-9-7(2)10-8(3)11-9/h4-6H,2H2,1,3H3/b5-4-,9-6+. The monoisotopic (exact) mass is 149 g/mol. The molecule has 0 fully saturated rings. The minimum absolute atomic E-state index is 0.658. The van der Waals surface area contributed by atoms with Crippen LogP contribution >= 0.6 is 0 Å². The van der Waals surface area contributed by atoms with Crippen molar-refractivity contribution in [2.45, 2.75) is 13.8 Å². The number of hydrogen-bond acceptors (Lipinski definition) is 2. The molecule has 0 aromatic carbocycles. The van der Waals surface area contributed by atoms with Crippen LogP contribution in [-0.2, 0) is 0 Å². The molecule has 0 radical (unpaired) electrons. The minimum Gasteiger partial charge on any atom is -0.441 e. The fourth-order valence-electron chi connectivity index (χ4n) is 0.800. The van der Waals surface area contributed by atoms with Gasteiger partial charge in [-0.3, -0.25) is 0 Å². The maximum Gasteiger partial charge on any atom is 0.192 e. The lowest BCUT2D eigenvalue weighted by molar-refractivity contribution is 0.492. The van der Waals surface area contributed by atoms with Crippen LogP contribution in [0, 0.1) is 6.92 Å². The molecule has 0 unspecified atom stereocenters. The summed E-state index contributed by atoms with van der Waals surface area (Å²) in [6.07, 6.45) is 5.67. The molecule has 0 spiro atoms. The molecule has 2 heteroatoms. The molecule has 0 atom stereocenters. The van der Waals surface area contributed by atoms with Gasteiger partial charge in [-0.1, -0.05) is 18.7 Å². The number of hydrogen-bond donors (Lipinski definition) is 0. The van der Waals surface area contributed by atoms with Gasteiger partial charge in [-0.25, -0.2) is 4.98 Å². The van der Waals surface area contributed by atoms with E-state index in [1.165, 1.54) is 0 Å². The van der Waals surface area contributed by atoms with Crippen LogP contribution in [0.15, 0.2) is 16.6 Å². The normalized spacial score (nSPS) is 13.1. The van der Waals surface area contributed by atoms with Crippen molar-refractivity contribution in [1.29, 1.82) is 0 Å². The summed E-state index contributed by atoms with van der Waals surface area (Å²) in [6.45, 7) is 7.48. The first-order valence-corrected chi connectivity index (χ1v) is 3.49. The second kappa shape index (κ2) is 3.19. The van der Waals surface area contributed by atoms with Gasteiger partial charge < -0.3 is 4.42 Å². The Morgan fingerprint density at radius 2 is 2.27 bits per heavy atom. The van der Waals surface area contributed by atoms with Gasteiger partial charge in [0.05, 0.1) is 0 Å². The highest BCUT2D eigenvalue weighted by Crippen LogP contribution is 1.79. The number of nitrogens with zero attached hydrogens (tertiary/aromatic N) is 1. The minimum atomic E-state index is 0.658. The summed E-state index contributed by atoms with van der Waals surface area (Å²) < 4.78 is 5.24. The quantitative estimate of drug-likeness (QED) is 0.589. The maximum absolute atomic E-state index is 5.24. The molecule has 0 N–H and O–H groups in total. The summed E-state index contributed by atoms with van der Waals surface area (Å²) in [5.74, 6) is 0.658. The van der Waals surface area contributed by atoms with E-state index in [2.05, 4.69) is 11.6 Å². The van der Waals surface area contributed by atoms with Crippen LogP contribution in [0.5, 0.6) is 0 Å². The van der Waals surface area contributed by atoms with Crippen molar-refractivity contribution in [3.63, 3.8) is 0 Å². The van der Waals surface area contributed by atoms with E-state index in [9.17, 15) is 0 Å². The average molecular weight is 149 g/mol. The number of allylic oxidation sites excluding steroid dienone is 2. The predicted octanol–water partition coefficient (Wildman–Crippen LogP) is 0.750. The summed E-state index contributed by atoms with van der Waals surface area (Å²) in [4.78, 5) is 4.02. The van der Waals surface area contributed by atoms with Gasteiger partial charge in [0.25, 0.3) is 0 Å². The van der Waals surface area contributed by atoms with Crippen molar-refractivity contribution >= 4 is 12.7 Å². The first-order chi connectivity index (χ1) is 5.24. The van der Waals surface area contributed by atoms with Crippen molar-refractivity contribution < 1.29 is 4.42 Å². The summed E-state index contributed by atoms with van der Waals surface area (Å²) in [5.41, 5.74) is 0.737. The lowest BCUT2D eigenvalue weighted by atomic mass is 10.4. The molecule has 0 saturated carbocycles. The van der Waals surface area contributed by atoms with Gasteiger partial charge in [-0.15, -0.1) is 0 Å². The fraction of sp³-hybridized carbons (Fsp3) is 0.222. The first-order valence-electron chi connectivity index (χ1n) is 3.49. The Morgan fingerprint density at radius 1 is 1.55 bits per heavy atom. The Kier molecular flexibility index (Phi) is 2.26. The summed E-state index contributed by atoms with van der Waals surface area (Å²) in [5, 5.41) is 0.695. The first kappa shape index (κ1) is 7.79. The summed E-state index contributed by atoms with van der Waals surface area (Å²) in [7, 11) is 0. The van der Waals surface area contributed by atoms with Crippen molar-refractivity contribution in [3.05, 3.63) is 28.8 Å². The van der Waals surface area contributed by atoms with E-state index in [1.54, 1.807) is 0 Å². The molecular formula is C9H11NO. The third-order valence-corrected chi connectivity index (χ3v) is 1.27. The van der Waals surface area contributed by atoms with E-state index < -0.39 is 0 Å². The molecule has 0 aliphatic carbocycles. The van der Waals surface area contributed by atoms with E-state index in [4.69, 9.17) is 4.42 Å². The van der Waals surface area contributed by atoms with Gasteiger partial charge in [0.1, 0.15) is 5.35 Å². The second-order valence-electron chi connectivity index (χ2n) is 2.24. The number of oxazole rings is 1. The molecule has 0 aliphatic heterocycles. The van der Waals surface area contributed by atoms with Crippen LogP contribution in [0.1, 0.15) is 12.8 Å². The highest BCUT2D eigenvalue weighted by atomic mass is 16.3. The third-order valence-electron chi connectivity index (χ3n) is 1.27. The zero-order chi connectivity index (χ0) is 8.27. The Morgan fingerprint density at radius 3 is 2.73 bits per heavy atom. The topological polar surface area (TPSA) is 26.0 Å². The van der Waals surface area contributed by atoms with Gasteiger partial charge in [-0.2, -0.15) is 0 Å². The zero-order valence-electron chi connectivity index (χ0n) is 6.79. The highest BCUT2D eigenvalue weighted by Gasteiger charge is 1.90. The molecule has 0 amide bonds. The van der Waals surface area contributed by atoms with Crippen molar-refractivity contribution in [3.8, 4) is 0 Å². The second-order valence-corrected chi connectivity index (χ2v) is 2.24. The van der Waals surface area contributed by atoms with Gasteiger partial charge in [-0.05, 0) is 13.0 Å². The highest BCUT2D eigenvalue weighted by molar-refractivity contribution is 5.32. The van der Waals surface area contributed by atoms with Gasteiger partial charge in [0.15, 0.2) is 11.3 Å².